The van der Waals surface area contributed by atoms with E-state index in [1.165, 1.54) is 5.69 Å². The minimum atomic E-state index is 0.218. The lowest BCUT2D eigenvalue weighted by atomic mass is 10.1. The summed E-state index contributed by atoms with van der Waals surface area (Å²) >= 11 is 1.64. The molecule has 0 radical (unpaired) electrons. The van der Waals surface area contributed by atoms with Gasteiger partial charge in [-0.15, -0.1) is 0 Å². The Morgan fingerprint density at radius 1 is 1.41 bits per heavy atom. The quantitative estimate of drug-likeness (QED) is 0.849. The minimum absolute atomic E-state index is 0.218. The van der Waals surface area contributed by atoms with Crippen molar-refractivity contribution in [2.45, 2.75) is 25.9 Å². The highest BCUT2D eigenvalue weighted by Crippen LogP contribution is 2.20. The van der Waals surface area contributed by atoms with Crippen molar-refractivity contribution in [3.8, 4) is 0 Å². The van der Waals surface area contributed by atoms with Gasteiger partial charge in [-0.25, -0.2) is 0 Å². The molecule has 0 N–H and O–H groups in total. The van der Waals surface area contributed by atoms with Gasteiger partial charge in [-0.3, -0.25) is 4.79 Å². The zero-order valence-electron chi connectivity index (χ0n) is 12.9. The second-order valence-corrected chi connectivity index (χ2v) is 6.66. The third kappa shape index (κ3) is 3.59. The Balaban J connectivity index is 1.73. The summed E-state index contributed by atoms with van der Waals surface area (Å²) < 4.78 is 7.50. The second kappa shape index (κ2) is 7.11. The average molecular weight is 318 g/mol. The van der Waals surface area contributed by atoms with Crippen LogP contribution >= 0.6 is 11.3 Å². The minimum Gasteiger partial charge on any atom is -0.385 e. The third-order valence-electron chi connectivity index (χ3n) is 4.23. The van der Waals surface area contributed by atoms with Crippen molar-refractivity contribution in [2.75, 3.05) is 20.3 Å². The molecule has 0 saturated carbocycles. The molecule has 5 heteroatoms. The van der Waals surface area contributed by atoms with Crippen LogP contribution < -0.4 is 0 Å². The first-order chi connectivity index (χ1) is 10.8. The summed E-state index contributed by atoms with van der Waals surface area (Å²) in [5.41, 5.74) is 2.33. The Morgan fingerprint density at radius 3 is 3.09 bits per heavy atom. The van der Waals surface area contributed by atoms with Crippen LogP contribution in [-0.2, 0) is 29.0 Å². The molecule has 0 fully saturated rings. The molecule has 1 aliphatic rings. The van der Waals surface area contributed by atoms with Gasteiger partial charge >= 0.3 is 0 Å². The van der Waals surface area contributed by atoms with Crippen LogP contribution in [0, 0.1) is 5.92 Å². The Hall–Kier alpha value is -1.59. The van der Waals surface area contributed by atoms with Crippen LogP contribution in [0.25, 0.3) is 0 Å². The van der Waals surface area contributed by atoms with Crippen LogP contribution in [-0.4, -0.2) is 35.6 Å². The van der Waals surface area contributed by atoms with E-state index in [1.807, 2.05) is 16.3 Å². The monoisotopic (exact) mass is 318 g/mol. The lowest BCUT2D eigenvalue weighted by molar-refractivity contribution is -0.131. The molecule has 4 nitrogen and oxygen atoms in total. The first-order valence-electron chi connectivity index (χ1n) is 7.68. The first-order valence-corrected chi connectivity index (χ1v) is 8.62. The van der Waals surface area contributed by atoms with Crippen molar-refractivity contribution in [1.82, 2.24) is 9.47 Å². The molecule has 1 unspecified atom stereocenters. The molecule has 22 heavy (non-hydrogen) atoms. The van der Waals surface area contributed by atoms with Crippen LogP contribution in [0.15, 0.2) is 35.2 Å². The van der Waals surface area contributed by atoms with E-state index in [4.69, 9.17) is 4.74 Å². The average Bonchev–Trinajstić information content (AvgIpc) is 3.13. The summed E-state index contributed by atoms with van der Waals surface area (Å²) in [5, 5.41) is 4.08. The summed E-state index contributed by atoms with van der Waals surface area (Å²) in [7, 11) is 1.73. The van der Waals surface area contributed by atoms with Crippen LogP contribution in [0.2, 0.25) is 0 Å². The number of ether oxygens (including phenoxy) is 1. The summed E-state index contributed by atoms with van der Waals surface area (Å²) in [4.78, 5) is 14.7. The Bertz CT molecular complexity index is 606. The van der Waals surface area contributed by atoms with Gasteiger partial charge in [-0.2, -0.15) is 11.3 Å². The van der Waals surface area contributed by atoms with Gasteiger partial charge in [0.2, 0.25) is 5.91 Å². The van der Waals surface area contributed by atoms with E-state index >= 15 is 0 Å². The summed E-state index contributed by atoms with van der Waals surface area (Å²) in [5.74, 6) is 0.662. The van der Waals surface area contributed by atoms with Crippen LogP contribution in [0.4, 0.5) is 0 Å². The maximum Gasteiger partial charge on any atom is 0.227 e. The van der Waals surface area contributed by atoms with E-state index in [2.05, 4.69) is 28.3 Å². The predicted octanol–water partition coefficient (Wildman–Crippen LogP) is 2.79. The second-order valence-electron chi connectivity index (χ2n) is 5.88. The van der Waals surface area contributed by atoms with E-state index in [9.17, 15) is 4.79 Å². The number of nitrogens with zero attached hydrogens (tertiary/aromatic N) is 2. The van der Waals surface area contributed by atoms with Gasteiger partial charge < -0.3 is 14.2 Å². The normalized spacial score (nSPS) is 18.0. The van der Waals surface area contributed by atoms with Crippen molar-refractivity contribution in [1.29, 1.82) is 0 Å². The smallest absolute Gasteiger partial charge is 0.227 e. The van der Waals surface area contributed by atoms with Crippen molar-refractivity contribution in [3.05, 3.63) is 46.4 Å². The van der Waals surface area contributed by atoms with E-state index < -0.39 is 0 Å². The molecular formula is C17H22N2O2S. The predicted molar refractivity (Wildman–Crippen MR) is 87.9 cm³/mol. The van der Waals surface area contributed by atoms with Crippen molar-refractivity contribution in [2.24, 2.45) is 5.92 Å². The number of hydrogen-bond donors (Lipinski definition) is 0. The summed E-state index contributed by atoms with van der Waals surface area (Å²) in [6, 6.07) is 6.21. The fraction of sp³-hybridized carbons (Fsp3) is 0.471. The Kier molecular flexibility index (Phi) is 4.95. The molecule has 2 aromatic heterocycles. The molecule has 0 saturated heterocycles. The molecule has 1 aliphatic heterocycles. The molecule has 0 bridgehead atoms. The van der Waals surface area contributed by atoms with Crippen LogP contribution in [0.1, 0.15) is 17.7 Å². The van der Waals surface area contributed by atoms with Gasteiger partial charge in [0.05, 0.1) is 13.0 Å². The lowest BCUT2D eigenvalue weighted by Crippen LogP contribution is -2.35. The van der Waals surface area contributed by atoms with E-state index in [1.54, 1.807) is 18.4 Å². The van der Waals surface area contributed by atoms with Crippen LogP contribution in [0.3, 0.4) is 0 Å². The maximum absolute atomic E-state index is 12.7. The number of amides is 1. The van der Waals surface area contributed by atoms with E-state index in [0.717, 1.165) is 31.7 Å². The van der Waals surface area contributed by atoms with Gasteiger partial charge in [-0.1, -0.05) is 0 Å². The molecule has 3 rings (SSSR count). The van der Waals surface area contributed by atoms with E-state index in [0.29, 0.717) is 18.9 Å². The summed E-state index contributed by atoms with van der Waals surface area (Å²) in [6.07, 6.45) is 3.60. The zero-order chi connectivity index (χ0) is 15.4. The molecule has 118 valence electrons. The molecule has 0 aromatic carbocycles. The third-order valence-corrected chi connectivity index (χ3v) is 4.96. The SMILES string of the molecule is COCCC1CN(C(=O)Cc2ccsc2)Cc2cccn2C1. The highest BCUT2D eigenvalue weighted by molar-refractivity contribution is 7.07. The Labute approximate surface area is 135 Å². The lowest BCUT2D eigenvalue weighted by Gasteiger charge is -2.24. The van der Waals surface area contributed by atoms with Gasteiger partial charge in [-0.05, 0) is 46.9 Å². The van der Waals surface area contributed by atoms with Gasteiger partial charge in [0.15, 0.2) is 0 Å². The number of aromatic nitrogens is 1. The van der Waals surface area contributed by atoms with Crippen LogP contribution in [0.5, 0.6) is 0 Å². The number of rotatable bonds is 5. The first kappa shape index (κ1) is 15.3. The maximum atomic E-state index is 12.7. The number of methoxy groups -OCH3 is 1. The highest BCUT2D eigenvalue weighted by Gasteiger charge is 2.24. The molecule has 3 heterocycles. The van der Waals surface area contributed by atoms with Gasteiger partial charge in [0, 0.05) is 38.7 Å². The fourth-order valence-corrected chi connectivity index (χ4v) is 3.68. The van der Waals surface area contributed by atoms with Crippen molar-refractivity contribution < 1.29 is 9.53 Å². The van der Waals surface area contributed by atoms with Crippen molar-refractivity contribution >= 4 is 17.2 Å². The Morgan fingerprint density at radius 2 is 2.32 bits per heavy atom. The van der Waals surface area contributed by atoms with E-state index in [-0.39, 0.29) is 5.91 Å². The molecule has 1 amide bonds. The molecule has 2 aromatic rings. The number of fused-ring (bicyclic) bond motifs is 1. The number of carbonyl (C=O) groups excluding carboxylic acids is 1. The van der Waals surface area contributed by atoms with Crippen molar-refractivity contribution in [3.63, 3.8) is 0 Å². The molecular weight excluding hydrogens is 296 g/mol. The standard InChI is InChI=1S/C17H22N2O2S/c1-21-7-4-15-10-18-6-2-3-16(18)12-19(11-15)17(20)9-14-5-8-22-13-14/h2-3,5-6,8,13,15H,4,7,9-12H2,1H3. The van der Waals surface area contributed by atoms with Gasteiger partial charge in [0.1, 0.15) is 0 Å². The topological polar surface area (TPSA) is 34.5 Å². The molecule has 0 spiro atoms. The number of hydrogen-bond acceptors (Lipinski definition) is 3. The molecule has 0 aliphatic carbocycles. The zero-order valence-corrected chi connectivity index (χ0v) is 13.7. The largest absolute Gasteiger partial charge is 0.385 e. The number of thiophene rings is 1. The fourth-order valence-electron chi connectivity index (χ4n) is 3.02. The summed E-state index contributed by atoms with van der Waals surface area (Å²) in [6.45, 7) is 3.23. The highest BCUT2D eigenvalue weighted by atomic mass is 32.1. The molecule has 1 atom stereocenters. The van der Waals surface area contributed by atoms with Gasteiger partial charge in [0.25, 0.3) is 0 Å². The number of carbonyl (C=O) groups is 1.